The molecule has 3 nitrogen and oxygen atoms in total. The van der Waals surface area contributed by atoms with Crippen LogP contribution in [0.1, 0.15) is 29.5 Å². The molecule has 1 aromatic carbocycles. The second kappa shape index (κ2) is 7.15. The molecule has 0 atom stereocenters. The molecule has 0 saturated carbocycles. The zero-order chi connectivity index (χ0) is 14.6. The van der Waals surface area contributed by atoms with Crippen LogP contribution in [-0.4, -0.2) is 32.4 Å². The number of halogens is 1. The first-order chi connectivity index (χ1) is 8.95. The lowest BCUT2D eigenvalue weighted by Crippen LogP contribution is -2.21. The van der Waals surface area contributed by atoms with Gasteiger partial charge >= 0.3 is 0 Å². The van der Waals surface area contributed by atoms with Crippen LogP contribution in [0.15, 0.2) is 4.47 Å². The molecule has 0 aromatic heterocycles. The number of hydrogen-bond acceptors (Lipinski definition) is 3. The second-order valence-electron chi connectivity index (χ2n) is 4.92. The fraction of sp³-hybridized carbons (Fsp3) is 0.600. The Hall–Kier alpha value is -0.740. The molecule has 0 unspecified atom stereocenters. The van der Waals surface area contributed by atoms with Crippen molar-refractivity contribution in [2.24, 2.45) is 0 Å². The third-order valence-corrected chi connectivity index (χ3v) is 4.81. The lowest BCUT2D eigenvalue weighted by molar-refractivity contribution is 0.285. The van der Waals surface area contributed by atoms with E-state index in [4.69, 9.17) is 9.84 Å². The van der Waals surface area contributed by atoms with Gasteiger partial charge in [-0.2, -0.15) is 0 Å². The van der Waals surface area contributed by atoms with Crippen LogP contribution >= 0.6 is 15.9 Å². The maximum absolute atomic E-state index is 8.88. The molecular weight excluding hydrogens is 306 g/mol. The number of benzene rings is 1. The lowest BCUT2D eigenvalue weighted by Gasteiger charge is -2.27. The average Bonchev–Trinajstić information content (AvgIpc) is 2.40. The summed E-state index contributed by atoms with van der Waals surface area (Å²) in [5.41, 5.74) is 4.73. The summed E-state index contributed by atoms with van der Waals surface area (Å²) < 4.78 is 6.76. The van der Waals surface area contributed by atoms with Crippen molar-refractivity contribution in [3.63, 3.8) is 0 Å². The van der Waals surface area contributed by atoms with Gasteiger partial charge in [0.05, 0.1) is 12.8 Å². The molecule has 19 heavy (non-hydrogen) atoms. The minimum atomic E-state index is 0.251. The number of unbranched alkanes of at least 4 members (excludes halogenated alkanes) is 1. The van der Waals surface area contributed by atoms with Crippen LogP contribution in [0.4, 0.5) is 5.69 Å². The third-order valence-electron chi connectivity index (χ3n) is 3.62. The molecule has 0 bridgehead atoms. The molecule has 0 aliphatic heterocycles. The molecule has 108 valence electrons. The number of anilines is 1. The quantitative estimate of drug-likeness (QED) is 0.809. The highest BCUT2D eigenvalue weighted by Gasteiger charge is 2.19. The molecule has 0 radical (unpaired) electrons. The van der Waals surface area contributed by atoms with Crippen LogP contribution in [0, 0.1) is 20.8 Å². The maximum atomic E-state index is 8.88. The van der Waals surface area contributed by atoms with Crippen molar-refractivity contribution in [1.29, 1.82) is 0 Å². The SMILES string of the molecule is COc1c(C)c(C)c(Br)c(C)c1N(C)CCCCO. The Kier molecular flexibility index (Phi) is 6.14. The van der Waals surface area contributed by atoms with Crippen LogP contribution in [0.5, 0.6) is 5.75 Å². The molecule has 1 N–H and O–H groups in total. The van der Waals surface area contributed by atoms with Crippen LogP contribution in [-0.2, 0) is 0 Å². The Morgan fingerprint density at radius 1 is 1.11 bits per heavy atom. The van der Waals surface area contributed by atoms with Crippen molar-refractivity contribution in [1.82, 2.24) is 0 Å². The lowest BCUT2D eigenvalue weighted by atomic mass is 10.0. The summed E-state index contributed by atoms with van der Waals surface area (Å²) in [6.07, 6.45) is 1.80. The minimum Gasteiger partial charge on any atom is -0.494 e. The van der Waals surface area contributed by atoms with E-state index in [1.165, 1.54) is 16.7 Å². The van der Waals surface area contributed by atoms with E-state index in [9.17, 15) is 0 Å². The van der Waals surface area contributed by atoms with Gasteiger partial charge in [-0.1, -0.05) is 15.9 Å². The largest absolute Gasteiger partial charge is 0.494 e. The van der Waals surface area contributed by atoms with Gasteiger partial charge in [-0.3, -0.25) is 0 Å². The molecule has 0 aliphatic rings. The van der Waals surface area contributed by atoms with Crippen LogP contribution < -0.4 is 9.64 Å². The summed E-state index contributed by atoms with van der Waals surface area (Å²) in [5.74, 6) is 0.949. The van der Waals surface area contributed by atoms with Gasteiger partial charge in [-0.05, 0) is 50.3 Å². The summed E-state index contributed by atoms with van der Waals surface area (Å²) in [6.45, 7) is 7.46. The fourth-order valence-corrected chi connectivity index (χ4v) is 2.84. The maximum Gasteiger partial charge on any atom is 0.145 e. The van der Waals surface area contributed by atoms with Gasteiger partial charge < -0.3 is 14.7 Å². The van der Waals surface area contributed by atoms with Crippen LogP contribution in [0.3, 0.4) is 0 Å². The van der Waals surface area contributed by atoms with Crippen molar-refractivity contribution in [3.8, 4) is 5.75 Å². The van der Waals surface area contributed by atoms with Crippen molar-refractivity contribution >= 4 is 21.6 Å². The number of ether oxygens (including phenoxy) is 1. The highest BCUT2D eigenvalue weighted by molar-refractivity contribution is 9.10. The molecular formula is C15H24BrNO2. The van der Waals surface area contributed by atoms with E-state index in [1.54, 1.807) is 7.11 Å². The van der Waals surface area contributed by atoms with Gasteiger partial charge in [-0.25, -0.2) is 0 Å². The number of hydrogen-bond donors (Lipinski definition) is 1. The third kappa shape index (κ3) is 3.42. The normalized spacial score (nSPS) is 10.7. The molecule has 4 heteroatoms. The second-order valence-corrected chi connectivity index (χ2v) is 5.72. The Balaban J connectivity index is 3.18. The van der Waals surface area contributed by atoms with Crippen molar-refractivity contribution < 1.29 is 9.84 Å². The van der Waals surface area contributed by atoms with Gasteiger partial charge in [0, 0.05) is 24.7 Å². The van der Waals surface area contributed by atoms with E-state index in [0.717, 1.165) is 35.3 Å². The number of aliphatic hydroxyl groups is 1. The topological polar surface area (TPSA) is 32.7 Å². The monoisotopic (exact) mass is 329 g/mol. The molecule has 0 saturated heterocycles. The van der Waals surface area contributed by atoms with Gasteiger partial charge in [0.25, 0.3) is 0 Å². The van der Waals surface area contributed by atoms with Gasteiger partial charge in [0.1, 0.15) is 5.75 Å². The van der Waals surface area contributed by atoms with Crippen molar-refractivity contribution in [3.05, 3.63) is 21.2 Å². The Morgan fingerprint density at radius 3 is 2.26 bits per heavy atom. The Labute approximate surface area is 124 Å². The van der Waals surface area contributed by atoms with E-state index in [1.807, 2.05) is 0 Å². The molecule has 0 fully saturated rings. The fourth-order valence-electron chi connectivity index (χ4n) is 2.35. The van der Waals surface area contributed by atoms with Crippen LogP contribution in [0.2, 0.25) is 0 Å². The van der Waals surface area contributed by atoms with Gasteiger partial charge in [0.15, 0.2) is 0 Å². The number of rotatable bonds is 6. The average molecular weight is 330 g/mol. The van der Waals surface area contributed by atoms with Crippen molar-refractivity contribution in [2.75, 3.05) is 32.2 Å². The zero-order valence-corrected chi connectivity index (χ0v) is 14.1. The van der Waals surface area contributed by atoms with E-state index in [2.05, 4.69) is 48.6 Å². The van der Waals surface area contributed by atoms with E-state index in [-0.39, 0.29) is 6.61 Å². The highest BCUT2D eigenvalue weighted by atomic mass is 79.9. The predicted octanol–water partition coefficient (Wildman–Crippen LogP) is 3.59. The Bertz CT molecular complexity index is 447. The first kappa shape index (κ1) is 16.3. The van der Waals surface area contributed by atoms with E-state index in [0.29, 0.717) is 0 Å². The van der Waals surface area contributed by atoms with Crippen molar-refractivity contribution in [2.45, 2.75) is 33.6 Å². The molecule has 0 amide bonds. The van der Waals surface area contributed by atoms with E-state index >= 15 is 0 Å². The smallest absolute Gasteiger partial charge is 0.145 e. The summed E-state index contributed by atoms with van der Waals surface area (Å²) in [5, 5.41) is 8.88. The number of nitrogens with zero attached hydrogens (tertiary/aromatic N) is 1. The first-order valence-corrected chi connectivity index (χ1v) is 7.40. The van der Waals surface area contributed by atoms with Gasteiger partial charge in [-0.15, -0.1) is 0 Å². The minimum absolute atomic E-state index is 0.251. The first-order valence-electron chi connectivity index (χ1n) is 6.60. The molecule has 1 rings (SSSR count). The molecule has 0 spiro atoms. The van der Waals surface area contributed by atoms with Gasteiger partial charge in [0.2, 0.25) is 0 Å². The molecule has 0 aliphatic carbocycles. The Morgan fingerprint density at radius 2 is 1.74 bits per heavy atom. The summed E-state index contributed by atoms with van der Waals surface area (Å²) in [4.78, 5) is 2.21. The number of aliphatic hydroxyl groups excluding tert-OH is 1. The highest BCUT2D eigenvalue weighted by Crippen LogP contribution is 2.41. The zero-order valence-electron chi connectivity index (χ0n) is 12.5. The molecule has 1 aromatic rings. The summed E-state index contributed by atoms with van der Waals surface area (Å²) >= 11 is 3.67. The summed E-state index contributed by atoms with van der Waals surface area (Å²) in [6, 6.07) is 0. The predicted molar refractivity (Wildman–Crippen MR) is 84.5 cm³/mol. The molecule has 0 heterocycles. The van der Waals surface area contributed by atoms with E-state index < -0.39 is 0 Å². The van der Waals surface area contributed by atoms with Crippen LogP contribution in [0.25, 0.3) is 0 Å². The number of methoxy groups -OCH3 is 1. The summed E-state index contributed by atoms with van der Waals surface area (Å²) in [7, 11) is 3.80. The standard InChI is InChI=1S/C15H24BrNO2/c1-10-11(2)15(19-5)14(12(3)13(10)16)17(4)8-6-7-9-18/h18H,6-9H2,1-5H3.